The average molecular weight is 407 g/mol. The molecule has 0 unspecified atom stereocenters. The number of halogens is 2. The van der Waals surface area contributed by atoms with Gasteiger partial charge < -0.3 is 0 Å². The Kier molecular flexibility index (Phi) is 8.92. The Labute approximate surface area is 164 Å². The maximum Gasteiger partial charge on any atom is -0.147 e. The molecule has 23 heavy (non-hydrogen) atoms. The van der Waals surface area contributed by atoms with E-state index >= 15 is 0 Å². The Balaban J connectivity index is 0.00000242. The molecule has 0 N–H and O–H groups in total. The molecule has 0 aliphatic heterocycles. The number of hydrogen-bond acceptors (Lipinski definition) is 1. The van der Waals surface area contributed by atoms with Crippen LogP contribution >= 0.6 is 24.8 Å². The van der Waals surface area contributed by atoms with Gasteiger partial charge in [0.1, 0.15) is 0 Å². The van der Waals surface area contributed by atoms with Crippen LogP contribution in [-0.4, -0.2) is 8.07 Å². The van der Waals surface area contributed by atoms with Crippen LogP contribution in [0, 0.1) is 0 Å². The molecule has 1 aromatic carbocycles. The summed E-state index contributed by atoms with van der Waals surface area (Å²) in [5.74, 6) is 1.04. The van der Waals surface area contributed by atoms with Crippen molar-refractivity contribution >= 4 is 32.9 Å². The fourth-order valence-corrected chi connectivity index (χ4v) is 7.23. The standard InChI is InChI=1S/C10H14O.C8H13Si.2ClH.Ti/c1-10(2,3)8-5-4-6-9(11)7-8;1-9(2,3)8-6-4-5-7-8;;;/h4-7,11H,1-3H3;4,6H,5H2,1-3H3;2*1H;/q;;;;+1/p-1. The molecule has 0 fully saturated rings. The zero-order chi connectivity index (χ0) is 15.7. The van der Waals surface area contributed by atoms with E-state index in [1.807, 2.05) is 0 Å². The molecule has 0 saturated carbocycles. The second-order valence-corrected chi connectivity index (χ2v) is 14.3. The third-order valence-electron chi connectivity index (χ3n) is 3.73. The van der Waals surface area contributed by atoms with E-state index in [1.165, 1.54) is 5.56 Å². The minimum atomic E-state index is -1.22. The molecule has 0 amide bonds. The molecular formula is C18H28Cl2OSiTi. The van der Waals surface area contributed by atoms with E-state index in [4.69, 9.17) is 3.32 Å². The van der Waals surface area contributed by atoms with Crippen LogP contribution in [0.15, 0.2) is 45.5 Å². The van der Waals surface area contributed by atoms with Crippen molar-refractivity contribution in [2.75, 3.05) is 0 Å². The second-order valence-electron chi connectivity index (χ2n) is 7.73. The molecule has 0 atom stereocenters. The van der Waals surface area contributed by atoms with Gasteiger partial charge in [-0.15, -0.1) is 24.8 Å². The van der Waals surface area contributed by atoms with Crippen LogP contribution in [-0.2, 0) is 25.0 Å². The van der Waals surface area contributed by atoms with Gasteiger partial charge in [0.05, 0.1) is 0 Å². The van der Waals surface area contributed by atoms with Crippen molar-refractivity contribution in [1.82, 2.24) is 0 Å². The fraction of sp³-hybridized carbons (Fsp3) is 0.444. The van der Waals surface area contributed by atoms with E-state index in [0.29, 0.717) is 0 Å². The molecule has 5 heteroatoms. The van der Waals surface area contributed by atoms with E-state index in [-0.39, 0.29) is 30.2 Å². The fourth-order valence-electron chi connectivity index (χ4n) is 2.45. The van der Waals surface area contributed by atoms with Crippen molar-refractivity contribution in [3.8, 4) is 5.75 Å². The van der Waals surface area contributed by atoms with Crippen molar-refractivity contribution in [1.29, 1.82) is 0 Å². The minimum Gasteiger partial charge on any atom is -0.147 e. The normalized spacial score (nSPS) is 14.2. The van der Waals surface area contributed by atoms with Crippen LogP contribution in [0.4, 0.5) is 0 Å². The maximum absolute atomic E-state index is 6.20. The third-order valence-corrected chi connectivity index (χ3v) is 7.86. The van der Waals surface area contributed by atoms with Gasteiger partial charge in [-0.05, 0) is 0 Å². The molecule has 1 aliphatic carbocycles. The van der Waals surface area contributed by atoms with Crippen LogP contribution in [0.2, 0.25) is 19.6 Å². The molecule has 0 saturated heterocycles. The minimum absolute atomic E-state index is 0. The molecule has 1 aromatic rings. The van der Waals surface area contributed by atoms with E-state index < -0.39 is 27.6 Å². The van der Waals surface area contributed by atoms with Gasteiger partial charge in [-0.1, -0.05) is 0 Å². The molecule has 1 aliphatic rings. The number of rotatable bonds is 4. The van der Waals surface area contributed by atoms with Crippen LogP contribution < -0.4 is 3.32 Å². The van der Waals surface area contributed by atoms with Gasteiger partial charge >= 0.3 is 140 Å². The van der Waals surface area contributed by atoms with Crippen LogP contribution in [0.25, 0.3) is 0 Å². The summed E-state index contributed by atoms with van der Waals surface area (Å²) in [6.45, 7) is 14.0. The van der Waals surface area contributed by atoms with Crippen LogP contribution in [0.1, 0.15) is 32.8 Å². The first kappa shape index (κ1) is 23.0. The molecular weight excluding hydrogens is 379 g/mol. The van der Waals surface area contributed by atoms with Gasteiger partial charge in [0.2, 0.25) is 0 Å². The summed E-state index contributed by atoms with van der Waals surface area (Å²) in [6, 6.07) is 8.61. The quantitative estimate of drug-likeness (QED) is 0.533. The Morgan fingerprint density at radius 3 is 2.30 bits per heavy atom. The Hall–Kier alpha value is 0.0112. The number of hydrogen-bond donors (Lipinski definition) is 0. The molecule has 0 aromatic heterocycles. The van der Waals surface area contributed by atoms with Gasteiger partial charge in [-0.25, -0.2) is 0 Å². The molecule has 2 rings (SSSR count). The summed E-state index contributed by atoms with van der Waals surface area (Å²) in [6.07, 6.45) is 5.76. The topological polar surface area (TPSA) is 9.23 Å². The van der Waals surface area contributed by atoms with Gasteiger partial charge in [0, 0.05) is 0 Å². The molecule has 128 valence electrons. The number of allylic oxidation sites excluding steroid dienone is 4. The van der Waals surface area contributed by atoms with Crippen molar-refractivity contribution in [2.24, 2.45) is 0 Å². The third kappa shape index (κ3) is 6.43. The smallest absolute Gasteiger partial charge is 0.147 e. The van der Waals surface area contributed by atoms with E-state index in [2.05, 4.69) is 76.8 Å². The van der Waals surface area contributed by atoms with Crippen LogP contribution in [0.3, 0.4) is 0 Å². The Morgan fingerprint density at radius 2 is 1.74 bits per heavy atom. The number of benzene rings is 1. The summed E-state index contributed by atoms with van der Waals surface area (Å²) in [4.78, 5) is 0. The zero-order valence-corrected chi connectivity index (χ0v) is 19.1. The summed E-state index contributed by atoms with van der Waals surface area (Å²) < 4.78 is 7.79. The van der Waals surface area contributed by atoms with Crippen molar-refractivity contribution in [2.45, 2.75) is 52.2 Å². The van der Waals surface area contributed by atoms with E-state index in [1.54, 1.807) is 9.07 Å². The van der Waals surface area contributed by atoms with Crippen molar-refractivity contribution < 1.29 is 22.9 Å². The van der Waals surface area contributed by atoms with Crippen LogP contribution in [0.5, 0.6) is 5.75 Å². The van der Waals surface area contributed by atoms with E-state index in [9.17, 15) is 0 Å². The predicted molar refractivity (Wildman–Crippen MR) is 104 cm³/mol. The largest absolute Gasteiger partial charge is 0.147 e. The second kappa shape index (κ2) is 8.92. The first-order valence-electron chi connectivity index (χ1n) is 7.61. The van der Waals surface area contributed by atoms with Gasteiger partial charge in [-0.2, -0.15) is 0 Å². The monoisotopic (exact) mass is 406 g/mol. The van der Waals surface area contributed by atoms with Crippen molar-refractivity contribution in [3.05, 3.63) is 51.1 Å². The molecule has 0 heterocycles. The average Bonchev–Trinajstić information content (AvgIpc) is 2.84. The van der Waals surface area contributed by atoms with Gasteiger partial charge in [0.15, 0.2) is 0 Å². The summed E-state index contributed by atoms with van der Waals surface area (Å²) >= 11 is -0.509. The Morgan fingerprint density at radius 1 is 1.09 bits per heavy atom. The SMILES string of the molecule is CC(C)(C)c1cccc([O][Ti][C]2=C([Si](C)(C)C)C=CC2)c1.Cl.Cl. The van der Waals surface area contributed by atoms with Gasteiger partial charge in [-0.3, -0.25) is 0 Å². The first-order valence-corrected chi connectivity index (χ1v) is 12.5. The molecule has 1 nitrogen and oxygen atoms in total. The van der Waals surface area contributed by atoms with Crippen molar-refractivity contribution in [3.63, 3.8) is 0 Å². The summed E-state index contributed by atoms with van der Waals surface area (Å²) in [5.41, 5.74) is 1.52. The Bertz CT molecular complexity index is 583. The molecule has 0 radical (unpaired) electrons. The van der Waals surface area contributed by atoms with E-state index in [0.717, 1.165) is 12.2 Å². The summed E-state index contributed by atoms with van der Waals surface area (Å²) in [5, 5.41) is 1.62. The maximum atomic E-state index is 6.20. The summed E-state index contributed by atoms with van der Waals surface area (Å²) in [7, 11) is -1.22. The first-order chi connectivity index (χ1) is 9.68. The molecule has 0 bridgehead atoms. The van der Waals surface area contributed by atoms with Gasteiger partial charge in [0.25, 0.3) is 0 Å². The zero-order valence-electron chi connectivity index (χ0n) is 14.9. The predicted octanol–water partition coefficient (Wildman–Crippen LogP) is 6.30. The molecule has 0 spiro atoms.